The predicted molar refractivity (Wildman–Crippen MR) is 165 cm³/mol. The number of nitrogens with zero attached hydrogens (tertiary/aromatic N) is 1. The molecule has 0 saturated heterocycles. The Morgan fingerprint density at radius 2 is 1.10 bits per heavy atom. The molecule has 0 bridgehead atoms. The van der Waals surface area contributed by atoms with E-state index < -0.39 is 0 Å². The summed E-state index contributed by atoms with van der Waals surface area (Å²) in [6, 6.07) is 42.3. The van der Waals surface area contributed by atoms with Crippen molar-refractivity contribution < 1.29 is 0 Å². The third-order valence-corrected chi connectivity index (χ3v) is 8.72. The maximum Gasteiger partial charge on any atom is 0.0353 e. The van der Waals surface area contributed by atoms with Gasteiger partial charge in [0.25, 0.3) is 0 Å². The van der Waals surface area contributed by atoms with Gasteiger partial charge in [0, 0.05) is 28.8 Å². The van der Waals surface area contributed by atoms with Crippen molar-refractivity contribution in [1.29, 1.82) is 0 Å². The van der Waals surface area contributed by atoms with E-state index in [1.165, 1.54) is 76.8 Å². The number of hydrogen-bond donors (Lipinski definition) is 0. The molecule has 0 unspecified atom stereocenters. The van der Waals surface area contributed by atoms with Gasteiger partial charge in [-0.15, -0.1) is 0 Å². The van der Waals surface area contributed by atoms with Gasteiger partial charge in [-0.05, 0) is 71.9 Å². The van der Waals surface area contributed by atoms with Gasteiger partial charge in [-0.1, -0.05) is 123 Å². The summed E-state index contributed by atoms with van der Waals surface area (Å²) in [5.41, 5.74) is 10.2. The first-order valence-corrected chi connectivity index (χ1v) is 13.6. The van der Waals surface area contributed by atoms with Gasteiger partial charge in [0.05, 0.1) is 0 Å². The standard InChI is InChI=1S/C38H27N/c1-38(2)33-18-10-13-26-22-39-23-32(37(26)33)27-20-19-25(21-34(27)38)36-30-16-8-6-14-28(30)35(24-11-4-3-5-12-24)29-15-7-9-17-31(29)36/h3-23H,1-2H3. The Balaban J connectivity index is 1.47. The van der Waals surface area contributed by atoms with Gasteiger partial charge in [0.2, 0.25) is 0 Å². The molecule has 1 aliphatic rings. The van der Waals surface area contributed by atoms with E-state index in [4.69, 9.17) is 0 Å². The summed E-state index contributed by atoms with van der Waals surface area (Å²) >= 11 is 0. The summed E-state index contributed by atoms with van der Waals surface area (Å²) < 4.78 is 0. The molecule has 6 aromatic carbocycles. The lowest BCUT2D eigenvalue weighted by atomic mass is 9.68. The molecular weight excluding hydrogens is 470 g/mol. The van der Waals surface area contributed by atoms with Crippen LogP contribution in [0.2, 0.25) is 0 Å². The maximum absolute atomic E-state index is 4.61. The zero-order valence-corrected chi connectivity index (χ0v) is 22.1. The molecule has 1 aliphatic carbocycles. The molecule has 39 heavy (non-hydrogen) atoms. The first-order chi connectivity index (χ1) is 19.1. The number of benzene rings is 6. The van der Waals surface area contributed by atoms with E-state index >= 15 is 0 Å². The average Bonchev–Trinajstić information content (AvgIpc) is 2.99. The topological polar surface area (TPSA) is 12.9 Å². The lowest BCUT2D eigenvalue weighted by Gasteiger charge is -2.35. The van der Waals surface area contributed by atoms with Crippen LogP contribution in [0.5, 0.6) is 0 Å². The summed E-state index contributed by atoms with van der Waals surface area (Å²) in [6.07, 6.45) is 4.03. The van der Waals surface area contributed by atoms with Crippen LogP contribution in [0.4, 0.5) is 0 Å². The second-order valence-corrected chi connectivity index (χ2v) is 11.2. The summed E-state index contributed by atoms with van der Waals surface area (Å²) in [6.45, 7) is 4.73. The molecule has 0 saturated carbocycles. The molecule has 1 heteroatoms. The molecule has 1 aromatic heterocycles. The van der Waals surface area contributed by atoms with Crippen molar-refractivity contribution in [2.24, 2.45) is 0 Å². The van der Waals surface area contributed by atoms with Crippen LogP contribution < -0.4 is 0 Å². The Bertz CT molecular complexity index is 2020. The van der Waals surface area contributed by atoms with Crippen molar-refractivity contribution in [3.05, 3.63) is 139 Å². The molecule has 0 radical (unpaired) electrons. The number of fused-ring (bicyclic) bond motifs is 4. The minimum Gasteiger partial charge on any atom is -0.263 e. The molecule has 0 N–H and O–H groups in total. The van der Waals surface area contributed by atoms with Crippen LogP contribution in [0, 0.1) is 0 Å². The fourth-order valence-corrected chi connectivity index (χ4v) is 6.91. The summed E-state index contributed by atoms with van der Waals surface area (Å²) in [7, 11) is 0. The van der Waals surface area contributed by atoms with Gasteiger partial charge >= 0.3 is 0 Å². The summed E-state index contributed by atoms with van der Waals surface area (Å²) in [4.78, 5) is 4.61. The Morgan fingerprint density at radius 1 is 0.487 bits per heavy atom. The number of hydrogen-bond acceptors (Lipinski definition) is 1. The van der Waals surface area contributed by atoms with Gasteiger partial charge in [-0.2, -0.15) is 0 Å². The van der Waals surface area contributed by atoms with Crippen molar-refractivity contribution in [2.75, 3.05) is 0 Å². The largest absolute Gasteiger partial charge is 0.263 e. The Kier molecular flexibility index (Phi) is 4.63. The highest BCUT2D eigenvalue weighted by Gasteiger charge is 2.34. The zero-order valence-electron chi connectivity index (χ0n) is 22.1. The highest BCUT2D eigenvalue weighted by molar-refractivity contribution is 6.21. The molecule has 184 valence electrons. The van der Waals surface area contributed by atoms with Gasteiger partial charge in [-0.25, -0.2) is 0 Å². The van der Waals surface area contributed by atoms with Crippen LogP contribution in [-0.4, -0.2) is 4.98 Å². The van der Waals surface area contributed by atoms with Crippen LogP contribution in [0.25, 0.3) is 65.7 Å². The smallest absolute Gasteiger partial charge is 0.0353 e. The molecule has 1 heterocycles. The van der Waals surface area contributed by atoms with Crippen LogP contribution in [-0.2, 0) is 5.41 Å². The Labute approximate surface area is 228 Å². The van der Waals surface area contributed by atoms with Gasteiger partial charge in [-0.3, -0.25) is 4.98 Å². The van der Waals surface area contributed by atoms with Crippen LogP contribution in [0.3, 0.4) is 0 Å². The average molecular weight is 498 g/mol. The predicted octanol–water partition coefficient (Wildman–Crippen LogP) is 10.2. The minimum absolute atomic E-state index is 0.130. The second-order valence-electron chi connectivity index (χ2n) is 11.2. The first kappa shape index (κ1) is 22.3. The van der Waals surface area contributed by atoms with Crippen LogP contribution >= 0.6 is 0 Å². The first-order valence-electron chi connectivity index (χ1n) is 13.6. The van der Waals surface area contributed by atoms with Crippen molar-refractivity contribution in [1.82, 2.24) is 4.98 Å². The lowest BCUT2D eigenvalue weighted by Crippen LogP contribution is -2.23. The molecule has 0 fully saturated rings. The minimum atomic E-state index is -0.130. The van der Waals surface area contributed by atoms with Crippen molar-refractivity contribution in [2.45, 2.75) is 19.3 Å². The third kappa shape index (κ3) is 3.11. The lowest BCUT2D eigenvalue weighted by molar-refractivity contribution is 0.645. The quantitative estimate of drug-likeness (QED) is 0.217. The molecular formula is C38H27N. The van der Waals surface area contributed by atoms with E-state index in [9.17, 15) is 0 Å². The molecule has 0 spiro atoms. The fraction of sp³-hybridized carbons (Fsp3) is 0.0789. The van der Waals surface area contributed by atoms with Crippen molar-refractivity contribution in [3.63, 3.8) is 0 Å². The normalized spacial score (nSPS) is 13.6. The molecule has 0 atom stereocenters. The van der Waals surface area contributed by atoms with Gasteiger partial charge in [0.15, 0.2) is 0 Å². The van der Waals surface area contributed by atoms with Crippen molar-refractivity contribution in [3.8, 4) is 33.4 Å². The SMILES string of the molecule is CC1(C)c2cc(-c3c4ccccc4c(-c4ccccc4)c4ccccc34)ccc2-c2cncc3cccc1c23. The maximum atomic E-state index is 4.61. The molecule has 1 nitrogen and oxygen atoms in total. The monoisotopic (exact) mass is 497 g/mol. The number of pyridine rings is 1. The number of rotatable bonds is 2. The fourth-order valence-electron chi connectivity index (χ4n) is 6.91. The van der Waals surface area contributed by atoms with E-state index in [1.807, 2.05) is 12.4 Å². The van der Waals surface area contributed by atoms with E-state index in [0.717, 1.165) is 0 Å². The van der Waals surface area contributed by atoms with E-state index in [1.54, 1.807) is 0 Å². The zero-order chi connectivity index (χ0) is 26.1. The highest BCUT2D eigenvalue weighted by Crippen LogP contribution is 2.50. The van der Waals surface area contributed by atoms with Crippen LogP contribution in [0.1, 0.15) is 25.0 Å². The van der Waals surface area contributed by atoms with E-state index in [2.05, 4.69) is 134 Å². The Hall–Kier alpha value is -4.75. The van der Waals surface area contributed by atoms with Crippen LogP contribution in [0.15, 0.2) is 128 Å². The molecule has 7 aromatic rings. The highest BCUT2D eigenvalue weighted by atomic mass is 14.6. The molecule has 0 amide bonds. The summed E-state index contributed by atoms with van der Waals surface area (Å²) in [5, 5.41) is 7.69. The van der Waals surface area contributed by atoms with E-state index in [-0.39, 0.29) is 5.41 Å². The molecule has 0 aliphatic heterocycles. The second kappa shape index (κ2) is 8.12. The Morgan fingerprint density at radius 3 is 1.77 bits per heavy atom. The van der Waals surface area contributed by atoms with Gasteiger partial charge < -0.3 is 0 Å². The van der Waals surface area contributed by atoms with Gasteiger partial charge in [0.1, 0.15) is 0 Å². The molecule has 8 rings (SSSR count). The van der Waals surface area contributed by atoms with Crippen molar-refractivity contribution >= 4 is 32.3 Å². The summed E-state index contributed by atoms with van der Waals surface area (Å²) in [5.74, 6) is 0. The number of aromatic nitrogens is 1. The third-order valence-electron chi connectivity index (χ3n) is 8.72. The van der Waals surface area contributed by atoms with E-state index in [0.29, 0.717) is 0 Å².